The summed E-state index contributed by atoms with van der Waals surface area (Å²) >= 11 is 0. The molecule has 2 atom stereocenters. The Hall–Kier alpha value is -1.13. The van der Waals surface area contributed by atoms with Crippen molar-refractivity contribution in [3.05, 3.63) is 23.4 Å². The van der Waals surface area contributed by atoms with E-state index < -0.39 is 0 Å². The van der Waals surface area contributed by atoms with E-state index in [2.05, 4.69) is 23.7 Å². The van der Waals surface area contributed by atoms with Crippen molar-refractivity contribution in [1.82, 2.24) is 4.98 Å². The second-order valence-corrected chi connectivity index (χ2v) is 5.81. The van der Waals surface area contributed by atoms with Gasteiger partial charge in [0.05, 0.1) is 12.7 Å². The number of pyridine rings is 1. The van der Waals surface area contributed by atoms with Crippen LogP contribution >= 0.6 is 0 Å². The van der Waals surface area contributed by atoms with Crippen LogP contribution in [0.4, 0.5) is 5.82 Å². The van der Waals surface area contributed by atoms with Crippen LogP contribution in [0.15, 0.2) is 12.1 Å². The SMILES string of the molecule is CC(C)c1cc(CO)cc(N2CCC(C(C)O)C2)n1. The molecule has 1 aliphatic rings. The van der Waals surface area contributed by atoms with Crippen molar-refractivity contribution >= 4 is 5.82 Å². The topological polar surface area (TPSA) is 56.6 Å². The zero-order valence-electron chi connectivity index (χ0n) is 12.0. The van der Waals surface area contributed by atoms with Crippen molar-refractivity contribution in [3.63, 3.8) is 0 Å². The second kappa shape index (κ2) is 5.88. The third-order valence-corrected chi connectivity index (χ3v) is 3.90. The molecule has 0 amide bonds. The van der Waals surface area contributed by atoms with Gasteiger partial charge in [0.2, 0.25) is 0 Å². The first-order chi connectivity index (χ1) is 9.01. The Morgan fingerprint density at radius 1 is 1.37 bits per heavy atom. The normalized spacial score (nSPS) is 21.2. The van der Waals surface area contributed by atoms with Gasteiger partial charge in [0.15, 0.2) is 0 Å². The fourth-order valence-electron chi connectivity index (χ4n) is 2.53. The van der Waals surface area contributed by atoms with E-state index in [1.165, 1.54) is 0 Å². The van der Waals surface area contributed by atoms with Gasteiger partial charge in [-0.15, -0.1) is 0 Å². The van der Waals surface area contributed by atoms with Crippen LogP contribution in [0.25, 0.3) is 0 Å². The fraction of sp³-hybridized carbons (Fsp3) is 0.667. The summed E-state index contributed by atoms with van der Waals surface area (Å²) in [5.41, 5.74) is 1.93. The maximum absolute atomic E-state index is 9.67. The summed E-state index contributed by atoms with van der Waals surface area (Å²) < 4.78 is 0. The summed E-state index contributed by atoms with van der Waals surface area (Å²) in [6.07, 6.45) is 0.732. The molecule has 0 aliphatic carbocycles. The summed E-state index contributed by atoms with van der Waals surface area (Å²) in [7, 11) is 0. The van der Waals surface area contributed by atoms with Crippen molar-refractivity contribution in [2.75, 3.05) is 18.0 Å². The van der Waals surface area contributed by atoms with Crippen LogP contribution < -0.4 is 4.90 Å². The highest BCUT2D eigenvalue weighted by Gasteiger charge is 2.27. The zero-order chi connectivity index (χ0) is 14.0. The summed E-state index contributed by atoms with van der Waals surface area (Å²) in [6.45, 7) is 7.88. The molecule has 2 N–H and O–H groups in total. The molecular formula is C15H24N2O2. The molecule has 0 saturated carbocycles. The molecule has 1 aromatic rings. The van der Waals surface area contributed by atoms with Crippen molar-refractivity contribution in [2.45, 2.75) is 45.8 Å². The highest BCUT2D eigenvalue weighted by Crippen LogP contribution is 2.27. The van der Waals surface area contributed by atoms with Crippen LogP contribution in [0.1, 0.15) is 44.4 Å². The third kappa shape index (κ3) is 3.25. The number of anilines is 1. The van der Waals surface area contributed by atoms with Crippen LogP contribution in [-0.4, -0.2) is 34.4 Å². The first kappa shape index (κ1) is 14.3. The Balaban J connectivity index is 2.22. The average Bonchev–Trinajstić information content (AvgIpc) is 2.87. The lowest BCUT2D eigenvalue weighted by Gasteiger charge is -2.21. The Morgan fingerprint density at radius 3 is 2.63 bits per heavy atom. The molecule has 2 heterocycles. The monoisotopic (exact) mass is 264 g/mol. The molecule has 2 unspecified atom stereocenters. The summed E-state index contributed by atoms with van der Waals surface area (Å²) in [5, 5.41) is 19.0. The minimum absolute atomic E-state index is 0.0446. The molecule has 0 radical (unpaired) electrons. The molecule has 1 fully saturated rings. The Labute approximate surface area is 115 Å². The van der Waals surface area contributed by atoms with Gasteiger partial charge in [-0.3, -0.25) is 0 Å². The van der Waals surface area contributed by atoms with Gasteiger partial charge in [0.25, 0.3) is 0 Å². The van der Waals surface area contributed by atoms with Gasteiger partial charge in [-0.2, -0.15) is 0 Å². The largest absolute Gasteiger partial charge is 0.393 e. The Kier molecular flexibility index (Phi) is 4.42. The van der Waals surface area contributed by atoms with Gasteiger partial charge in [0.1, 0.15) is 5.82 Å². The molecule has 1 aliphatic heterocycles. The minimum atomic E-state index is -0.268. The smallest absolute Gasteiger partial charge is 0.129 e. The van der Waals surface area contributed by atoms with E-state index in [1.54, 1.807) is 0 Å². The number of rotatable bonds is 4. The van der Waals surface area contributed by atoms with E-state index in [0.29, 0.717) is 11.8 Å². The standard InChI is InChI=1S/C15H24N2O2/c1-10(2)14-6-12(9-18)7-15(16-14)17-5-4-13(8-17)11(3)19/h6-7,10-11,13,18-19H,4-5,8-9H2,1-3H3. The van der Waals surface area contributed by atoms with Gasteiger partial charge in [0, 0.05) is 24.7 Å². The third-order valence-electron chi connectivity index (χ3n) is 3.90. The number of hydrogen-bond acceptors (Lipinski definition) is 4. The molecule has 4 nitrogen and oxygen atoms in total. The molecule has 4 heteroatoms. The minimum Gasteiger partial charge on any atom is -0.393 e. The van der Waals surface area contributed by atoms with Gasteiger partial charge in [-0.1, -0.05) is 13.8 Å². The van der Waals surface area contributed by atoms with Crippen molar-refractivity contribution in [1.29, 1.82) is 0 Å². The average molecular weight is 264 g/mol. The molecule has 1 aromatic heterocycles. The lowest BCUT2D eigenvalue weighted by Crippen LogP contribution is -2.25. The molecule has 2 rings (SSSR count). The Morgan fingerprint density at radius 2 is 2.11 bits per heavy atom. The van der Waals surface area contributed by atoms with E-state index >= 15 is 0 Å². The summed E-state index contributed by atoms with van der Waals surface area (Å²) in [5.74, 6) is 1.60. The number of nitrogens with zero attached hydrogens (tertiary/aromatic N) is 2. The number of aromatic nitrogens is 1. The van der Waals surface area contributed by atoms with E-state index in [-0.39, 0.29) is 12.7 Å². The maximum Gasteiger partial charge on any atom is 0.129 e. The van der Waals surface area contributed by atoms with E-state index in [1.807, 2.05) is 19.1 Å². The highest BCUT2D eigenvalue weighted by atomic mass is 16.3. The van der Waals surface area contributed by atoms with E-state index in [0.717, 1.165) is 36.6 Å². The van der Waals surface area contributed by atoms with Crippen molar-refractivity contribution in [3.8, 4) is 0 Å². The number of aliphatic hydroxyl groups excluding tert-OH is 2. The van der Waals surface area contributed by atoms with Gasteiger partial charge in [-0.05, 0) is 37.0 Å². The maximum atomic E-state index is 9.67. The van der Waals surface area contributed by atoms with Crippen molar-refractivity contribution in [2.24, 2.45) is 5.92 Å². The predicted molar refractivity (Wildman–Crippen MR) is 76.2 cm³/mol. The lowest BCUT2D eigenvalue weighted by atomic mass is 10.0. The van der Waals surface area contributed by atoms with Crippen LogP contribution in [0.2, 0.25) is 0 Å². The first-order valence-corrected chi connectivity index (χ1v) is 7.06. The molecule has 0 bridgehead atoms. The van der Waals surface area contributed by atoms with Crippen LogP contribution in [0.3, 0.4) is 0 Å². The molecule has 0 spiro atoms. The van der Waals surface area contributed by atoms with Gasteiger partial charge in [-0.25, -0.2) is 4.98 Å². The number of aliphatic hydroxyl groups is 2. The molecular weight excluding hydrogens is 240 g/mol. The summed E-state index contributed by atoms with van der Waals surface area (Å²) in [4.78, 5) is 6.90. The van der Waals surface area contributed by atoms with Gasteiger partial charge < -0.3 is 15.1 Å². The zero-order valence-corrected chi connectivity index (χ0v) is 12.0. The summed E-state index contributed by atoms with van der Waals surface area (Å²) in [6, 6.07) is 3.92. The predicted octanol–water partition coefficient (Wildman–Crippen LogP) is 1.90. The van der Waals surface area contributed by atoms with E-state index in [4.69, 9.17) is 0 Å². The highest BCUT2D eigenvalue weighted by molar-refractivity contribution is 5.44. The molecule has 1 saturated heterocycles. The number of hydrogen-bond donors (Lipinski definition) is 2. The molecule has 19 heavy (non-hydrogen) atoms. The van der Waals surface area contributed by atoms with E-state index in [9.17, 15) is 10.2 Å². The fourth-order valence-corrected chi connectivity index (χ4v) is 2.53. The van der Waals surface area contributed by atoms with Gasteiger partial charge >= 0.3 is 0 Å². The lowest BCUT2D eigenvalue weighted by molar-refractivity contribution is 0.136. The quantitative estimate of drug-likeness (QED) is 0.872. The van der Waals surface area contributed by atoms with Crippen LogP contribution in [0, 0.1) is 5.92 Å². The van der Waals surface area contributed by atoms with Crippen molar-refractivity contribution < 1.29 is 10.2 Å². The molecule has 106 valence electrons. The first-order valence-electron chi connectivity index (χ1n) is 7.06. The Bertz CT molecular complexity index is 432. The van der Waals surface area contributed by atoms with Crippen LogP contribution in [-0.2, 0) is 6.61 Å². The second-order valence-electron chi connectivity index (χ2n) is 5.81. The molecule has 0 aromatic carbocycles. The van der Waals surface area contributed by atoms with Crippen LogP contribution in [0.5, 0.6) is 0 Å².